The van der Waals surface area contributed by atoms with Gasteiger partial charge in [-0.2, -0.15) is 0 Å². The van der Waals surface area contributed by atoms with Crippen LogP contribution in [0.4, 0.5) is 0 Å². The highest BCUT2D eigenvalue weighted by Crippen LogP contribution is 2.34. The normalized spacial score (nSPS) is 16.2. The van der Waals surface area contributed by atoms with Gasteiger partial charge in [-0.25, -0.2) is 9.97 Å². The van der Waals surface area contributed by atoms with Gasteiger partial charge in [0.2, 0.25) is 0 Å². The topological polar surface area (TPSA) is 72.1 Å². The molecule has 160 valence electrons. The zero-order chi connectivity index (χ0) is 21.9. The van der Waals surface area contributed by atoms with Gasteiger partial charge in [-0.15, -0.1) is 0 Å². The molecule has 0 bridgehead atoms. The standard InChI is InChI=1S/C25H21ClN4O2/c26-20-7-5-18(6-8-20)24-28-15-21(17-9-11-27-12-10-17)23(29-24)19-3-1-13-30(16-19)25(31)22-4-2-14-32-22/h2,4-12,14-15,19H,1,3,13,16H2. The quantitative estimate of drug-likeness (QED) is 0.417. The van der Waals surface area contributed by atoms with E-state index in [1.165, 1.54) is 6.26 Å². The lowest BCUT2D eigenvalue weighted by Crippen LogP contribution is -2.39. The molecule has 7 heteroatoms. The monoisotopic (exact) mass is 444 g/mol. The van der Waals surface area contributed by atoms with Gasteiger partial charge in [0, 0.05) is 53.7 Å². The first-order valence-corrected chi connectivity index (χ1v) is 10.9. The Hall–Kier alpha value is -3.51. The minimum absolute atomic E-state index is 0.0832. The van der Waals surface area contributed by atoms with Crippen molar-refractivity contribution in [2.24, 2.45) is 0 Å². The lowest BCUT2D eigenvalue weighted by atomic mass is 9.90. The Bertz CT molecular complexity index is 1210. The average Bonchev–Trinajstić information content (AvgIpc) is 3.39. The summed E-state index contributed by atoms with van der Waals surface area (Å²) in [5.41, 5.74) is 3.80. The minimum Gasteiger partial charge on any atom is -0.459 e. The highest BCUT2D eigenvalue weighted by Gasteiger charge is 2.29. The Balaban J connectivity index is 1.53. The number of rotatable bonds is 4. The van der Waals surface area contributed by atoms with E-state index in [9.17, 15) is 4.79 Å². The van der Waals surface area contributed by atoms with Gasteiger partial charge in [0.05, 0.1) is 12.0 Å². The van der Waals surface area contributed by atoms with Gasteiger partial charge in [0.15, 0.2) is 11.6 Å². The fourth-order valence-electron chi connectivity index (χ4n) is 4.14. The van der Waals surface area contributed by atoms with Gasteiger partial charge in [0.1, 0.15) is 0 Å². The number of furan rings is 1. The Labute approximate surface area is 190 Å². The van der Waals surface area contributed by atoms with Crippen molar-refractivity contribution in [2.45, 2.75) is 18.8 Å². The molecular weight excluding hydrogens is 424 g/mol. The molecule has 1 aliphatic rings. The van der Waals surface area contributed by atoms with Crippen LogP contribution in [0.2, 0.25) is 5.02 Å². The van der Waals surface area contributed by atoms with Crippen LogP contribution in [-0.4, -0.2) is 38.8 Å². The number of likely N-dealkylation sites (tertiary alicyclic amines) is 1. The summed E-state index contributed by atoms with van der Waals surface area (Å²) in [6.45, 7) is 1.28. The summed E-state index contributed by atoms with van der Waals surface area (Å²) in [6.07, 6.45) is 8.76. The molecule has 4 heterocycles. The van der Waals surface area contributed by atoms with Crippen molar-refractivity contribution in [1.29, 1.82) is 0 Å². The van der Waals surface area contributed by atoms with Gasteiger partial charge < -0.3 is 9.32 Å². The van der Waals surface area contributed by atoms with E-state index in [0.717, 1.165) is 35.2 Å². The average molecular weight is 445 g/mol. The summed E-state index contributed by atoms with van der Waals surface area (Å²) in [4.78, 5) is 28.5. The molecule has 1 fully saturated rings. The van der Waals surface area contributed by atoms with Crippen LogP contribution < -0.4 is 0 Å². The SMILES string of the molecule is O=C(c1ccco1)N1CCCC(c2nc(-c3ccc(Cl)cc3)ncc2-c2ccncc2)C1. The van der Waals surface area contributed by atoms with Crippen LogP contribution in [-0.2, 0) is 0 Å². The Kier molecular flexibility index (Phi) is 5.69. The van der Waals surface area contributed by atoms with Crippen LogP contribution >= 0.6 is 11.6 Å². The van der Waals surface area contributed by atoms with E-state index in [1.54, 1.807) is 24.5 Å². The summed E-state index contributed by atoms with van der Waals surface area (Å²) in [5.74, 6) is 1.01. The van der Waals surface area contributed by atoms with E-state index in [2.05, 4.69) is 9.97 Å². The molecule has 1 unspecified atom stereocenters. The summed E-state index contributed by atoms with van der Waals surface area (Å²) in [5, 5.41) is 0.668. The maximum atomic E-state index is 12.9. The van der Waals surface area contributed by atoms with Crippen molar-refractivity contribution in [3.05, 3.63) is 89.9 Å². The molecule has 1 aliphatic heterocycles. The molecule has 0 saturated carbocycles. The number of nitrogens with zero attached hydrogens (tertiary/aromatic N) is 4. The number of aromatic nitrogens is 3. The Morgan fingerprint density at radius 3 is 2.62 bits per heavy atom. The van der Waals surface area contributed by atoms with Crippen LogP contribution in [0, 0.1) is 0 Å². The second-order valence-corrected chi connectivity index (χ2v) is 8.24. The van der Waals surface area contributed by atoms with Crippen LogP contribution in [0.25, 0.3) is 22.5 Å². The third-order valence-electron chi connectivity index (χ3n) is 5.74. The Morgan fingerprint density at radius 1 is 1.06 bits per heavy atom. The van der Waals surface area contributed by atoms with Gasteiger partial charge in [-0.1, -0.05) is 11.6 Å². The lowest BCUT2D eigenvalue weighted by molar-refractivity contribution is 0.0674. The first kappa shape index (κ1) is 20.4. The van der Waals surface area contributed by atoms with Crippen molar-refractivity contribution in [3.63, 3.8) is 0 Å². The molecule has 0 spiro atoms. The van der Waals surface area contributed by atoms with Crippen molar-refractivity contribution in [3.8, 4) is 22.5 Å². The fraction of sp³-hybridized carbons (Fsp3) is 0.200. The van der Waals surface area contributed by atoms with E-state index in [-0.39, 0.29) is 11.8 Å². The van der Waals surface area contributed by atoms with Gasteiger partial charge >= 0.3 is 0 Å². The summed E-state index contributed by atoms with van der Waals surface area (Å²) in [6, 6.07) is 14.9. The highest BCUT2D eigenvalue weighted by molar-refractivity contribution is 6.30. The molecule has 1 aromatic carbocycles. The van der Waals surface area contributed by atoms with E-state index in [1.807, 2.05) is 47.5 Å². The second-order valence-electron chi connectivity index (χ2n) is 7.80. The van der Waals surface area contributed by atoms with Crippen LogP contribution in [0.15, 0.2) is 77.8 Å². The minimum atomic E-state index is -0.0860. The van der Waals surface area contributed by atoms with Crippen molar-refractivity contribution >= 4 is 17.5 Å². The number of carbonyl (C=O) groups excluding carboxylic acids is 1. The molecule has 0 N–H and O–H groups in total. The largest absolute Gasteiger partial charge is 0.459 e. The molecule has 32 heavy (non-hydrogen) atoms. The molecule has 4 aromatic rings. The van der Waals surface area contributed by atoms with Crippen molar-refractivity contribution in [1.82, 2.24) is 19.9 Å². The van der Waals surface area contributed by atoms with Crippen LogP contribution in [0.3, 0.4) is 0 Å². The highest BCUT2D eigenvalue weighted by atomic mass is 35.5. The summed E-state index contributed by atoms with van der Waals surface area (Å²) in [7, 11) is 0. The van der Waals surface area contributed by atoms with Gasteiger partial charge in [-0.05, 0) is 66.9 Å². The molecule has 1 atom stereocenters. The third-order valence-corrected chi connectivity index (χ3v) is 5.99. The molecule has 5 rings (SSSR count). The van der Waals surface area contributed by atoms with E-state index < -0.39 is 0 Å². The van der Waals surface area contributed by atoms with Crippen molar-refractivity contribution < 1.29 is 9.21 Å². The number of hydrogen-bond acceptors (Lipinski definition) is 5. The number of benzene rings is 1. The number of piperidine rings is 1. The van der Waals surface area contributed by atoms with Gasteiger partial charge in [0.25, 0.3) is 5.91 Å². The predicted molar refractivity (Wildman–Crippen MR) is 122 cm³/mol. The number of hydrogen-bond donors (Lipinski definition) is 0. The maximum Gasteiger partial charge on any atom is 0.289 e. The van der Waals surface area contributed by atoms with Crippen molar-refractivity contribution in [2.75, 3.05) is 13.1 Å². The molecule has 0 aliphatic carbocycles. The maximum absolute atomic E-state index is 12.9. The fourth-order valence-corrected chi connectivity index (χ4v) is 4.27. The number of amides is 1. The Morgan fingerprint density at radius 2 is 1.88 bits per heavy atom. The molecule has 1 saturated heterocycles. The number of carbonyl (C=O) groups is 1. The van der Waals surface area contributed by atoms with E-state index in [0.29, 0.717) is 29.7 Å². The molecule has 6 nitrogen and oxygen atoms in total. The smallest absolute Gasteiger partial charge is 0.289 e. The summed E-state index contributed by atoms with van der Waals surface area (Å²) < 4.78 is 5.33. The van der Waals surface area contributed by atoms with E-state index >= 15 is 0 Å². The zero-order valence-corrected chi connectivity index (χ0v) is 18.1. The molecule has 3 aromatic heterocycles. The van der Waals surface area contributed by atoms with Crippen LogP contribution in [0.1, 0.15) is 35.0 Å². The number of halogens is 1. The molecule has 1 amide bonds. The summed E-state index contributed by atoms with van der Waals surface area (Å²) >= 11 is 6.05. The first-order valence-electron chi connectivity index (χ1n) is 10.5. The first-order chi connectivity index (χ1) is 15.7. The second kappa shape index (κ2) is 8.93. The molecule has 0 radical (unpaired) electrons. The number of pyridine rings is 1. The van der Waals surface area contributed by atoms with Gasteiger partial charge in [-0.3, -0.25) is 9.78 Å². The molecular formula is C25H21ClN4O2. The van der Waals surface area contributed by atoms with Crippen LogP contribution in [0.5, 0.6) is 0 Å². The zero-order valence-electron chi connectivity index (χ0n) is 17.3. The lowest BCUT2D eigenvalue weighted by Gasteiger charge is -2.33. The third kappa shape index (κ3) is 4.14. The van der Waals surface area contributed by atoms with E-state index in [4.69, 9.17) is 21.0 Å². The predicted octanol–water partition coefficient (Wildman–Crippen LogP) is 5.47.